The van der Waals surface area contributed by atoms with Crippen molar-refractivity contribution in [3.63, 3.8) is 0 Å². The molecule has 7 heteroatoms. The molecule has 6 nitrogen and oxygen atoms in total. The van der Waals surface area contributed by atoms with Gasteiger partial charge in [-0.1, -0.05) is 12.1 Å². The Morgan fingerprint density at radius 1 is 0.810 bits per heavy atom. The first kappa shape index (κ1) is 14.4. The highest BCUT2D eigenvalue weighted by Crippen LogP contribution is 2.25. The van der Waals surface area contributed by atoms with Gasteiger partial charge in [-0.2, -0.15) is 10.5 Å². The van der Waals surface area contributed by atoms with Crippen molar-refractivity contribution in [2.24, 2.45) is 0 Å². The first-order valence-corrected chi connectivity index (χ1v) is 7.31. The number of sulfone groups is 1. The molecule has 0 spiro atoms. The van der Waals surface area contributed by atoms with Gasteiger partial charge in [0.2, 0.25) is 9.84 Å². The van der Waals surface area contributed by atoms with E-state index in [2.05, 4.69) is 10.6 Å². The molecule has 0 unspecified atom stereocenters. The van der Waals surface area contributed by atoms with Crippen molar-refractivity contribution in [2.75, 3.05) is 10.6 Å². The molecule has 0 aliphatic carbocycles. The van der Waals surface area contributed by atoms with Gasteiger partial charge in [0.05, 0.1) is 9.79 Å². The lowest BCUT2D eigenvalue weighted by Crippen LogP contribution is -2.03. The Morgan fingerprint density at radius 3 is 1.62 bits per heavy atom. The summed E-state index contributed by atoms with van der Waals surface area (Å²) in [5, 5.41) is 21.9. The number of benzene rings is 2. The number of nitrogens with one attached hydrogen (secondary N) is 2. The van der Waals surface area contributed by atoms with Crippen LogP contribution in [0.3, 0.4) is 0 Å². The molecule has 0 aliphatic rings. The summed E-state index contributed by atoms with van der Waals surface area (Å²) in [6.45, 7) is 0. The summed E-state index contributed by atoms with van der Waals surface area (Å²) < 4.78 is 25.1. The SMILES string of the molecule is N#CNc1cccc(S(=O)(=O)c2cccc(NC#N)c2)c1. The van der Waals surface area contributed by atoms with E-state index in [0.717, 1.165) is 0 Å². The van der Waals surface area contributed by atoms with Crippen molar-refractivity contribution in [1.82, 2.24) is 0 Å². The smallest absolute Gasteiger partial charge is 0.206 e. The second kappa shape index (κ2) is 5.95. The average Bonchev–Trinajstić information content (AvgIpc) is 2.48. The van der Waals surface area contributed by atoms with Gasteiger partial charge in [-0.3, -0.25) is 10.6 Å². The van der Waals surface area contributed by atoms with Crippen LogP contribution in [0.25, 0.3) is 0 Å². The molecule has 0 fully saturated rings. The lowest BCUT2D eigenvalue weighted by Gasteiger charge is -2.07. The molecule has 2 rings (SSSR count). The van der Waals surface area contributed by atoms with Gasteiger partial charge in [0.25, 0.3) is 0 Å². The average molecular weight is 298 g/mol. The van der Waals surface area contributed by atoms with Crippen molar-refractivity contribution in [3.8, 4) is 12.4 Å². The third-order valence-electron chi connectivity index (χ3n) is 2.69. The van der Waals surface area contributed by atoms with Crippen LogP contribution in [-0.2, 0) is 9.84 Å². The van der Waals surface area contributed by atoms with Crippen LogP contribution in [0.4, 0.5) is 11.4 Å². The summed E-state index contributed by atoms with van der Waals surface area (Å²) in [6.07, 6.45) is 3.47. The Balaban J connectivity index is 2.47. The molecule has 0 radical (unpaired) electrons. The molecular weight excluding hydrogens is 288 g/mol. The maximum absolute atomic E-state index is 12.5. The van der Waals surface area contributed by atoms with Gasteiger partial charge in [0.15, 0.2) is 12.4 Å². The Hall–Kier alpha value is -3.03. The van der Waals surface area contributed by atoms with Crippen LogP contribution in [0.15, 0.2) is 58.3 Å². The Labute approximate surface area is 122 Å². The quantitative estimate of drug-likeness (QED) is 0.662. The fraction of sp³-hybridized carbons (Fsp3) is 0. The molecule has 2 N–H and O–H groups in total. The molecule has 2 aromatic rings. The van der Waals surface area contributed by atoms with Crippen molar-refractivity contribution < 1.29 is 8.42 Å². The van der Waals surface area contributed by atoms with Crippen molar-refractivity contribution in [3.05, 3.63) is 48.5 Å². The fourth-order valence-corrected chi connectivity index (χ4v) is 3.10. The maximum atomic E-state index is 12.5. The highest BCUT2D eigenvalue weighted by molar-refractivity contribution is 7.91. The second-order valence-corrected chi connectivity index (χ2v) is 5.98. The molecule has 0 amide bonds. The van der Waals surface area contributed by atoms with Gasteiger partial charge in [0, 0.05) is 11.4 Å². The predicted molar refractivity (Wildman–Crippen MR) is 76.8 cm³/mol. The lowest BCUT2D eigenvalue weighted by atomic mass is 10.3. The van der Waals surface area contributed by atoms with Gasteiger partial charge < -0.3 is 0 Å². The third-order valence-corrected chi connectivity index (χ3v) is 4.44. The van der Waals surface area contributed by atoms with Crippen LogP contribution in [0.5, 0.6) is 0 Å². The van der Waals surface area contributed by atoms with Crippen LogP contribution in [0.2, 0.25) is 0 Å². The Morgan fingerprint density at radius 2 is 1.24 bits per heavy atom. The number of nitrogens with zero attached hydrogens (tertiary/aromatic N) is 2. The number of anilines is 2. The highest BCUT2D eigenvalue weighted by Gasteiger charge is 2.18. The minimum absolute atomic E-state index is 0.0665. The van der Waals surface area contributed by atoms with E-state index in [9.17, 15) is 8.42 Å². The summed E-state index contributed by atoms with van der Waals surface area (Å²) >= 11 is 0. The zero-order chi connectivity index (χ0) is 15.3. The van der Waals surface area contributed by atoms with E-state index in [-0.39, 0.29) is 9.79 Å². The van der Waals surface area contributed by atoms with Crippen molar-refractivity contribution >= 4 is 21.2 Å². The van der Waals surface area contributed by atoms with E-state index in [1.54, 1.807) is 36.7 Å². The van der Waals surface area contributed by atoms with Crippen LogP contribution >= 0.6 is 0 Å². The molecule has 104 valence electrons. The fourth-order valence-electron chi connectivity index (χ4n) is 1.75. The van der Waals surface area contributed by atoms with Crippen LogP contribution in [0, 0.1) is 22.9 Å². The zero-order valence-electron chi connectivity index (χ0n) is 10.7. The molecule has 0 aliphatic heterocycles. The monoisotopic (exact) mass is 298 g/mol. The number of hydrogen-bond donors (Lipinski definition) is 2. The minimum atomic E-state index is -3.72. The predicted octanol–water partition coefficient (Wildman–Crippen LogP) is 2.31. The van der Waals surface area contributed by atoms with E-state index in [4.69, 9.17) is 10.5 Å². The van der Waals surface area contributed by atoms with E-state index in [1.807, 2.05) is 0 Å². The van der Waals surface area contributed by atoms with Crippen LogP contribution < -0.4 is 10.6 Å². The van der Waals surface area contributed by atoms with Gasteiger partial charge in [-0.15, -0.1) is 0 Å². The summed E-state index contributed by atoms with van der Waals surface area (Å²) in [5.74, 6) is 0. The normalized spacial score (nSPS) is 10.2. The van der Waals surface area contributed by atoms with Crippen molar-refractivity contribution in [1.29, 1.82) is 10.5 Å². The standard InChI is InChI=1S/C14H10N4O2S/c15-9-17-11-3-1-5-13(7-11)21(19,20)14-6-2-4-12(8-14)18-10-16/h1-8,17-18H. The van der Waals surface area contributed by atoms with Gasteiger partial charge in [-0.25, -0.2) is 8.42 Å². The molecule has 0 bridgehead atoms. The highest BCUT2D eigenvalue weighted by atomic mass is 32.2. The summed E-state index contributed by atoms with van der Waals surface area (Å²) in [6, 6.07) is 11.9. The topological polar surface area (TPSA) is 106 Å². The molecule has 0 heterocycles. The molecule has 0 aromatic heterocycles. The maximum Gasteiger partial charge on any atom is 0.206 e. The van der Waals surface area contributed by atoms with Gasteiger partial charge in [-0.05, 0) is 36.4 Å². The molecule has 0 saturated heterocycles. The summed E-state index contributed by atoms with van der Waals surface area (Å²) in [7, 11) is -3.72. The number of hydrogen-bond acceptors (Lipinski definition) is 6. The van der Waals surface area contributed by atoms with E-state index in [1.165, 1.54) is 24.3 Å². The molecule has 0 saturated carbocycles. The first-order chi connectivity index (χ1) is 10.1. The summed E-state index contributed by atoms with van der Waals surface area (Å²) in [4.78, 5) is 0.133. The Bertz CT molecular complexity index is 782. The Kier molecular flexibility index (Phi) is 4.07. The second-order valence-electron chi connectivity index (χ2n) is 4.03. The molecule has 2 aromatic carbocycles. The van der Waals surface area contributed by atoms with Gasteiger partial charge >= 0.3 is 0 Å². The largest absolute Gasteiger partial charge is 0.293 e. The zero-order valence-corrected chi connectivity index (χ0v) is 11.6. The van der Waals surface area contributed by atoms with E-state index < -0.39 is 9.84 Å². The number of rotatable bonds is 4. The van der Waals surface area contributed by atoms with E-state index in [0.29, 0.717) is 11.4 Å². The molecule has 21 heavy (non-hydrogen) atoms. The van der Waals surface area contributed by atoms with Crippen LogP contribution in [-0.4, -0.2) is 8.42 Å². The van der Waals surface area contributed by atoms with Crippen molar-refractivity contribution in [2.45, 2.75) is 9.79 Å². The first-order valence-electron chi connectivity index (χ1n) is 5.83. The van der Waals surface area contributed by atoms with E-state index >= 15 is 0 Å². The number of nitriles is 2. The van der Waals surface area contributed by atoms with Gasteiger partial charge in [0.1, 0.15) is 0 Å². The molecule has 0 atom stereocenters. The third kappa shape index (κ3) is 3.11. The minimum Gasteiger partial charge on any atom is -0.293 e. The molecular formula is C14H10N4O2S. The summed E-state index contributed by atoms with van der Waals surface area (Å²) in [5.41, 5.74) is 0.787. The lowest BCUT2D eigenvalue weighted by molar-refractivity contribution is 0.596. The van der Waals surface area contributed by atoms with Crippen LogP contribution in [0.1, 0.15) is 0 Å².